The maximum atomic E-state index is 11.2. The van der Waals surface area contributed by atoms with Gasteiger partial charge in [0.2, 0.25) is 5.82 Å². The summed E-state index contributed by atoms with van der Waals surface area (Å²) >= 11 is 0. The van der Waals surface area contributed by atoms with E-state index in [2.05, 4.69) is 10.4 Å². The number of aliphatic hydroxyl groups is 1. The largest absolute Gasteiger partial charge is 0.396 e. The van der Waals surface area contributed by atoms with E-state index in [1.807, 2.05) is 20.8 Å². The van der Waals surface area contributed by atoms with Gasteiger partial charge in [-0.15, -0.1) is 0 Å². The van der Waals surface area contributed by atoms with Crippen LogP contribution in [0.3, 0.4) is 0 Å². The molecule has 0 aliphatic rings. The second-order valence-electron chi connectivity index (χ2n) is 5.03. The van der Waals surface area contributed by atoms with E-state index in [1.54, 1.807) is 7.05 Å². The number of hydrogen-bond acceptors (Lipinski definition) is 5. The summed E-state index contributed by atoms with van der Waals surface area (Å²) in [7, 11) is 1.69. The van der Waals surface area contributed by atoms with Gasteiger partial charge in [0, 0.05) is 25.6 Å². The number of nitrogens with zero attached hydrogens (tertiary/aromatic N) is 3. The fourth-order valence-corrected chi connectivity index (χ4v) is 1.97. The van der Waals surface area contributed by atoms with E-state index in [0.29, 0.717) is 17.9 Å². The first-order valence-electron chi connectivity index (χ1n) is 6.47. The summed E-state index contributed by atoms with van der Waals surface area (Å²) in [5, 5.41) is 27.4. The second kappa shape index (κ2) is 6.51. The maximum absolute atomic E-state index is 11.2. The zero-order chi connectivity index (χ0) is 14.6. The monoisotopic (exact) mass is 270 g/mol. The lowest BCUT2D eigenvalue weighted by Crippen LogP contribution is -2.18. The highest BCUT2D eigenvalue weighted by molar-refractivity contribution is 5.61. The number of aromatic nitrogens is 2. The van der Waals surface area contributed by atoms with Crippen molar-refractivity contribution in [2.45, 2.75) is 45.6 Å². The van der Waals surface area contributed by atoms with Crippen LogP contribution in [0.1, 0.15) is 45.2 Å². The Bertz CT molecular complexity index is 442. The molecule has 0 radical (unpaired) electrons. The van der Waals surface area contributed by atoms with Crippen molar-refractivity contribution in [3.05, 3.63) is 15.8 Å². The molecule has 0 bridgehead atoms. The first kappa shape index (κ1) is 15.4. The van der Waals surface area contributed by atoms with Crippen molar-refractivity contribution >= 4 is 11.5 Å². The highest BCUT2D eigenvalue weighted by Crippen LogP contribution is 2.33. The average molecular weight is 270 g/mol. The van der Waals surface area contributed by atoms with Gasteiger partial charge in [-0.05, 0) is 19.8 Å². The number of anilines is 1. The predicted octanol–water partition coefficient (Wildman–Crippen LogP) is 2.02. The van der Waals surface area contributed by atoms with Crippen LogP contribution >= 0.6 is 0 Å². The molecule has 1 atom stereocenters. The van der Waals surface area contributed by atoms with E-state index in [4.69, 9.17) is 5.11 Å². The Morgan fingerprint density at radius 1 is 1.47 bits per heavy atom. The summed E-state index contributed by atoms with van der Waals surface area (Å²) < 4.78 is 1.52. The molecule has 1 heterocycles. The van der Waals surface area contributed by atoms with Crippen molar-refractivity contribution in [2.75, 3.05) is 11.9 Å². The Hall–Kier alpha value is -1.63. The van der Waals surface area contributed by atoms with Crippen LogP contribution in [0.15, 0.2) is 0 Å². The van der Waals surface area contributed by atoms with Crippen molar-refractivity contribution in [1.29, 1.82) is 0 Å². The highest BCUT2D eigenvalue weighted by Gasteiger charge is 2.28. The minimum Gasteiger partial charge on any atom is -0.396 e. The molecule has 0 aliphatic carbocycles. The van der Waals surface area contributed by atoms with Gasteiger partial charge < -0.3 is 10.4 Å². The first-order chi connectivity index (χ1) is 8.88. The molecule has 0 saturated heterocycles. The molecule has 108 valence electrons. The summed E-state index contributed by atoms with van der Waals surface area (Å²) in [5.41, 5.74) is 0.540. The summed E-state index contributed by atoms with van der Waals surface area (Å²) in [6.07, 6.45) is 1.41. The van der Waals surface area contributed by atoms with E-state index in [0.717, 1.165) is 6.42 Å². The Kier molecular flexibility index (Phi) is 5.29. The third-order valence-electron chi connectivity index (χ3n) is 2.96. The molecule has 1 aromatic rings. The molecule has 0 aliphatic heterocycles. The molecular weight excluding hydrogens is 248 g/mol. The maximum Gasteiger partial charge on any atom is 0.334 e. The Morgan fingerprint density at radius 2 is 2.11 bits per heavy atom. The molecule has 0 amide bonds. The minimum atomic E-state index is -0.385. The molecule has 19 heavy (non-hydrogen) atoms. The van der Waals surface area contributed by atoms with Crippen molar-refractivity contribution in [3.8, 4) is 0 Å². The van der Waals surface area contributed by atoms with E-state index in [9.17, 15) is 10.1 Å². The molecule has 0 saturated carbocycles. The Balaban J connectivity index is 3.02. The van der Waals surface area contributed by atoms with E-state index in [-0.39, 0.29) is 29.2 Å². The molecule has 0 fully saturated rings. The van der Waals surface area contributed by atoms with Crippen LogP contribution in [0.25, 0.3) is 0 Å². The number of aliphatic hydroxyl groups excluding tert-OH is 1. The molecule has 0 aromatic carbocycles. The topological polar surface area (TPSA) is 93.2 Å². The zero-order valence-corrected chi connectivity index (χ0v) is 11.9. The van der Waals surface area contributed by atoms with Gasteiger partial charge in [0.05, 0.1) is 4.92 Å². The SMILES string of the molecule is CC(CCCO)Nc1c([N+](=O)[O-])c(C(C)C)nn1C. The van der Waals surface area contributed by atoms with E-state index >= 15 is 0 Å². The molecule has 1 unspecified atom stereocenters. The first-order valence-corrected chi connectivity index (χ1v) is 6.47. The van der Waals surface area contributed by atoms with Crippen molar-refractivity contribution in [3.63, 3.8) is 0 Å². The second-order valence-corrected chi connectivity index (χ2v) is 5.03. The third-order valence-corrected chi connectivity index (χ3v) is 2.96. The smallest absolute Gasteiger partial charge is 0.334 e. The van der Waals surface area contributed by atoms with Crippen LogP contribution in [0, 0.1) is 10.1 Å². The molecule has 7 nitrogen and oxygen atoms in total. The highest BCUT2D eigenvalue weighted by atomic mass is 16.6. The molecule has 1 aromatic heterocycles. The lowest BCUT2D eigenvalue weighted by atomic mass is 10.1. The van der Waals surface area contributed by atoms with Crippen molar-refractivity contribution < 1.29 is 10.0 Å². The van der Waals surface area contributed by atoms with Crippen LogP contribution in [0.2, 0.25) is 0 Å². The van der Waals surface area contributed by atoms with Gasteiger partial charge >= 0.3 is 5.69 Å². The van der Waals surface area contributed by atoms with Crippen molar-refractivity contribution in [2.24, 2.45) is 7.05 Å². The third kappa shape index (κ3) is 3.66. The summed E-state index contributed by atoms with van der Waals surface area (Å²) in [4.78, 5) is 10.8. The lowest BCUT2D eigenvalue weighted by molar-refractivity contribution is -0.384. The van der Waals surface area contributed by atoms with Crippen molar-refractivity contribution in [1.82, 2.24) is 9.78 Å². The fourth-order valence-electron chi connectivity index (χ4n) is 1.97. The molecule has 7 heteroatoms. The van der Waals surface area contributed by atoms with Crippen LogP contribution in [-0.4, -0.2) is 32.5 Å². The molecule has 0 spiro atoms. The normalized spacial score (nSPS) is 12.7. The molecular formula is C12H22N4O3. The minimum absolute atomic E-state index is 0.00472. The number of nitro groups is 1. The van der Waals surface area contributed by atoms with Gasteiger partial charge in [-0.25, -0.2) is 4.68 Å². The molecule has 1 rings (SSSR count). The van der Waals surface area contributed by atoms with Gasteiger partial charge in [-0.2, -0.15) is 5.10 Å². The van der Waals surface area contributed by atoms with Crippen LogP contribution in [0.4, 0.5) is 11.5 Å². The van der Waals surface area contributed by atoms with Gasteiger partial charge in [-0.3, -0.25) is 10.1 Å². The van der Waals surface area contributed by atoms with Crippen LogP contribution < -0.4 is 5.32 Å². The van der Waals surface area contributed by atoms with Crippen LogP contribution in [0.5, 0.6) is 0 Å². The fraction of sp³-hybridized carbons (Fsp3) is 0.750. The summed E-state index contributed by atoms with van der Waals surface area (Å²) in [5.74, 6) is 0.425. The Morgan fingerprint density at radius 3 is 2.58 bits per heavy atom. The quantitative estimate of drug-likeness (QED) is 0.584. The zero-order valence-electron chi connectivity index (χ0n) is 11.9. The standard InChI is InChI=1S/C12H22N4O3/c1-8(2)10-11(16(18)19)12(15(4)14-10)13-9(3)6-5-7-17/h8-9,13,17H,5-7H2,1-4H3. The van der Waals surface area contributed by atoms with Crippen LogP contribution in [-0.2, 0) is 7.05 Å². The van der Waals surface area contributed by atoms with E-state index < -0.39 is 0 Å². The van der Waals surface area contributed by atoms with Gasteiger partial charge in [0.15, 0.2) is 0 Å². The van der Waals surface area contributed by atoms with Gasteiger partial charge in [0.25, 0.3) is 0 Å². The number of nitrogens with one attached hydrogen (secondary N) is 1. The number of aryl methyl sites for hydroxylation is 1. The number of hydrogen-bond donors (Lipinski definition) is 2. The van der Waals surface area contributed by atoms with Gasteiger partial charge in [0.1, 0.15) is 5.69 Å². The lowest BCUT2D eigenvalue weighted by Gasteiger charge is -2.13. The van der Waals surface area contributed by atoms with Gasteiger partial charge in [-0.1, -0.05) is 13.8 Å². The summed E-state index contributed by atoms with van der Waals surface area (Å²) in [6.45, 7) is 5.82. The predicted molar refractivity (Wildman–Crippen MR) is 73.4 cm³/mol. The number of rotatable bonds is 7. The molecule has 2 N–H and O–H groups in total. The Labute approximate surface area is 112 Å². The summed E-state index contributed by atoms with van der Waals surface area (Å²) in [6, 6.07) is 0.0428. The average Bonchev–Trinajstić information content (AvgIpc) is 2.64. The van der Waals surface area contributed by atoms with E-state index in [1.165, 1.54) is 4.68 Å².